The molecule has 1 aromatic heterocycles. The highest BCUT2D eigenvalue weighted by Gasteiger charge is 2.24. The molecule has 1 heterocycles. The van der Waals surface area contributed by atoms with Gasteiger partial charge in [0.15, 0.2) is 0 Å². The molecule has 0 saturated carbocycles. The first kappa shape index (κ1) is 11.5. The lowest BCUT2D eigenvalue weighted by atomic mass is 9.77. The minimum Gasteiger partial charge on any atom is -0.351 e. The third-order valence-electron chi connectivity index (χ3n) is 3.92. The van der Waals surface area contributed by atoms with Crippen LogP contribution in [0.25, 0.3) is 0 Å². The van der Waals surface area contributed by atoms with Gasteiger partial charge < -0.3 is 9.88 Å². The van der Waals surface area contributed by atoms with Crippen molar-refractivity contribution in [3.63, 3.8) is 0 Å². The van der Waals surface area contributed by atoms with Crippen LogP contribution in [0.4, 0.5) is 0 Å². The van der Waals surface area contributed by atoms with E-state index in [-0.39, 0.29) is 0 Å². The Morgan fingerprint density at radius 2 is 2.11 bits per heavy atom. The lowest BCUT2D eigenvalue weighted by Gasteiger charge is -2.30. The molecule has 1 aromatic carbocycles. The number of nitrogens with one attached hydrogen (secondary N) is 1. The second-order valence-corrected chi connectivity index (χ2v) is 5.02. The Morgan fingerprint density at radius 1 is 1.22 bits per heavy atom. The standard InChI is InChI=1S/C16H20N2/c1-2-18-9-5-7-15(18)12-17-11-14-10-13-6-3-4-8-16(13)14/h3-9,14,17H,2,10-12H2,1H3. The summed E-state index contributed by atoms with van der Waals surface area (Å²) in [4.78, 5) is 0. The van der Waals surface area contributed by atoms with E-state index in [1.54, 1.807) is 0 Å². The number of hydrogen-bond donors (Lipinski definition) is 1. The van der Waals surface area contributed by atoms with Crippen molar-refractivity contribution in [1.29, 1.82) is 0 Å². The van der Waals surface area contributed by atoms with E-state index in [1.807, 2.05) is 0 Å². The summed E-state index contributed by atoms with van der Waals surface area (Å²) in [5.74, 6) is 0.714. The quantitative estimate of drug-likeness (QED) is 0.850. The van der Waals surface area contributed by atoms with Crippen LogP contribution in [0, 0.1) is 0 Å². The zero-order chi connectivity index (χ0) is 12.4. The van der Waals surface area contributed by atoms with E-state index >= 15 is 0 Å². The third-order valence-corrected chi connectivity index (χ3v) is 3.92. The SMILES string of the molecule is CCn1cccc1CNCC1Cc2ccccc21. The lowest BCUT2D eigenvalue weighted by Crippen LogP contribution is -2.29. The summed E-state index contributed by atoms with van der Waals surface area (Å²) < 4.78 is 2.29. The second-order valence-electron chi connectivity index (χ2n) is 5.02. The molecule has 1 aliphatic carbocycles. The van der Waals surface area contributed by atoms with E-state index in [4.69, 9.17) is 0 Å². The molecule has 1 atom stereocenters. The van der Waals surface area contributed by atoms with E-state index < -0.39 is 0 Å². The number of hydrogen-bond acceptors (Lipinski definition) is 1. The molecule has 2 nitrogen and oxygen atoms in total. The summed E-state index contributed by atoms with van der Waals surface area (Å²) in [7, 11) is 0. The van der Waals surface area contributed by atoms with Crippen molar-refractivity contribution in [3.8, 4) is 0 Å². The van der Waals surface area contributed by atoms with Gasteiger partial charge in [0.2, 0.25) is 0 Å². The van der Waals surface area contributed by atoms with Crippen molar-refractivity contribution in [2.24, 2.45) is 0 Å². The number of fused-ring (bicyclic) bond motifs is 1. The van der Waals surface area contributed by atoms with Crippen LogP contribution in [0.3, 0.4) is 0 Å². The van der Waals surface area contributed by atoms with E-state index in [1.165, 1.54) is 23.2 Å². The molecule has 0 bridgehead atoms. The molecule has 2 aromatic rings. The molecule has 1 aliphatic rings. The Bertz CT molecular complexity index is 527. The molecule has 1 N–H and O–H groups in total. The number of rotatable bonds is 5. The molecule has 0 fully saturated rings. The molecule has 0 aliphatic heterocycles. The Morgan fingerprint density at radius 3 is 2.94 bits per heavy atom. The molecule has 1 unspecified atom stereocenters. The summed E-state index contributed by atoms with van der Waals surface area (Å²) >= 11 is 0. The first-order valence-corrected chi connectivity index (χ1v) is 6.81. The highest BCUT2D eigenvalue weighted by molar-refractivity contribution is 5.40. The van der Waals surface area contributed by atoms with Crippen LogP contribution in [0.1, 0.15) is 29.7 Å². The number of aromatic nitrogens is 1. The normalized spacial score (nSPS) is 17.3. The van der Waals surface area contributed by atoms with Gasteiger partial charge in [0.25, 0.3) is 0 Å². The monoisotopic (exact) mass is 240 g/mol. The largest absolute Gasteiger partial charge is 0.351 e. The van der Waals surface area contributed by atoms with Crippen LogP contribution in [0.15, 0.2) is 42.6 Å². The van der Waals surface area contributed by atoms with Crippen LogP contribution in [-0.2, 0) is 19.5 Å². The fourth-order valence-corrected chi connectivity index (χ4v) is 2.84. The van der Waals surface area contributed by atoms with E-state index in [0.717, 1.165) is 19.6 Å². The predicted molar refractivity (Wildman–Crippen MR) is 74.7 cm³/mol. The minimum atomic E-state index is 0.714. The average molecular weight is 240 g/mol. The Kier molecular flexibility index (Phi) is 3.20. The molecular formula is C16H20N2. The maximum Gasteiger partial charge on any atom is 0.0359 e. The fraction of sp³-hybridized carbons (Fsp3) is 0.375. The zero-order valence-electron chi connectivity index (χ0n) is 10.9. The molecule has 0 amide bonds. The average Bonchev–Trinajstić information content (AvgIpc) is 2.82. The summed E-state index contributed by atoms with van der Waals surface area (Å²) in [6.07, 6.45) is 3.38. The summed E-state index contributed by atoms with van der Waals surface area (Å²) in [5.41, 5.74) is 4.45. The molecule has 0 radical (unpaired) electrons. The van der Waals surface area contributed by atoms with Crippen molar-refractivity contribution in [3.05, 3.63) is 59.4 Å². The number of nitrogens with zero attached hydrogens (tertiary/aromatic N) is 1. The number of benzene rings is 1. The van der Waals surface area contributed by atoms with E-state index in [0.29, 0.717) is 5.92 Å². The first-order chi connectivity index (χ1) is 8.88. The lowest BCUT2D eigenvalue weighted by molar-refractivity contribution is 0.524. The Balaban J connectivity index is 1.52. The molecule has 94 valence electrons. The topological polar surface area (TPSA) is 17.0 Å². The third kappa shape index (κ3) is 2.08. The van der Waals surface area contributed by atoms with Gasteiger partial charge in [-0.3, -0.25) is 0 Å². The predicted octanol–water partition coefficient (Wildman–Crippen LogP) is 2.94. The molecule has 0 spiro atoms. The van der Waals surface area contributed by atoms with Gasteiger partial charge in [-0.2, -0.15) is 0 Å². The summed E-state index contributed by atoms with van der Waals surface area (Å²) in [6, 6.07) is 13.1. The van der Waals surface area contributed by atoms with Gasteiger partial charge in [0.1, 0.15) is 0 Å². The minimum absolute atomic E-state index is 0.714. The zero-order valence-corrected chi connectivity index (χ0v) is 10.9. The van der Waals surface area contributed by atoms with Crippen LogP contribution < -0.4 is 5.32 Å². The second kappa shape index (κ2) is 4.99. The van der Waals surface area contributed by atoms with Crippen molar-refractivity contribution in [1.82, 2.24) is 9.88 Å². The molecule has 3 rings (SSSR count). The van der Waals surface area contributed by atoms with Crippen molar-refractivity contribution >= 4 is 0 Å². The molecule has 0 saturated heterocycles. The van der Waals surface area contributed by atoms with Gasteiger partial charge in [-0.1, -0.05) is 24.3 Å². The molecule has 2 heteroatoms. The maximum absolute atomic E-state index is 3.58. The van der Waals surface area contributed by atoms with E-state index in [9.17, 15) is 0 Å². The van der Waals surface area contributed by atoms with Crippen LogP contribution in [-0.4, -0.2) is 11.1 Å². The van der Waals surface area contributed by atoms with Crippen molar-refractivity contribution < 1.29 is 0 Å². The Labute approximate surface area is 109 Å². The summed E-state index contributed by atoms with van der Waals surface area (Å²) in [5, 5.41) is 3.58. The van der Waals surface area contributed by atoms with Gasteiger partial charge in [-0.25, -0.2) is 0 Å². The van der Waals surface area contributed by atoms with E-state index in [2.05, 4.69) is 59.4 Å². The smallest absolute Gasteiger partial charge is 0.0359 e. The highest BCUT2D eigenvalue weighted by Crippen LogP contribution is 2.33. The summed E-state index contributed by atoms with van der Waals surface area (Å²) in [6.45, 7) is 5.30. The van der Waals surface area contributed by atoms with Crippen LogP contribution in [0.5, 0.6) is 0 Å². The van der Waals surface area contributed by atoms with Crippen molar-refractivity contribution in [2.75, 3.05) is 6.54 Å². The van der Waals surface area contributed by atoms with Gasteiger partial charge in [0, 0.05) is 37.4 Å². The first-order valence-electron chi connectivity index (χ1n) is 6.81. The maximum atomic E-state index is 3.58. The van der Waals surface area contributed by atoms with Gasteiger partial charge >= 0.3 is 0 Å². The van der Waals surface area contributed by atoms with Gasteiger partial charge in [-0.15, -0.1) is 0 Å². The fourth-order valence-electron chi connectivity index (χ4n) is 2.84. The number of aryl methyl sites for hydroxylation is 1. The Hall–Kier alpha value is -1.54. The van der Waals surface area contributed by atoms with Crippen LogP contribution >= 0.6 is 0 Å². The van der Waals surface area contributed by atoms with Crippen molar-refractivity contribution in [2.45, 2.75) is 32.4 Å². The molecular weight excluding hydrogens is 220 g/mol. The van der Waals surface area contributed by atoms with Gasteiger partial charge in [0.05, 0.1) is 0 Å². The van der Waals surface area contributed by atoms with Gasteiger partial charge in [-0.05, 0) is 36.6 Å². The molecule has 18 heavy (non-hydrogen) atoms. The highest BCUT2D eigenvalue weighted by atomic mass is 15.0. The van der Waals surface area contributed by atoms with Crippen LogP contribution in [0.2, 0.25) is 0 Å².